The second-order valence-electron chi connectivity index (χ2n) is 4.00. The third-order valence-corrected chi connectivity index (χ3v) is 2.17. The molecule has 0 fully saturated rings. The zero-order chi connectivity index (χ0) is 15.7. The number of rotatable bonds is 11. The molecule has 0 aromatic carbocycles. The molecule has 0 aromatic rings. The average Bonchev–Trinajstić information content (AvgIpc) is 2.22. The molecule has 0 aliphatic carbocycles. The van der Waals surface area contributed by atoms with Crippen LogP contribution in [0.4, 0.5) is 0 Å². The second-order valence-corrected chi connectivity index (χ2v) is 4.00. The molecular formula is C10H16N2Na4O8. The van der Waals surface area contributed by atoms with Crippen molar-refractivity contribution < 1.29 is 39.6 Å². The molecule has 0 atom stereocenters. The third kappa shape index (κ3) is 23.8. The number of aliphatic carboxylic acids is 4. The molecule has 0 amide bonds. The number of carboxylic acid groups (broad SMARTS) is 4. The molecule has 0 aromatic heterocycles. The first-order valence-electron chi connectivity index (χ1n) is 5.52. The van der Waals surface area contributed by atoms with Gasteiger partial charge in [0.05, 0.1) is 26.2 Å². The van der Waals surface area contributed by atoms with Crippen LogP contribution >= 0.6 is 0 Å². The fourth-order valence-corrected chi connectivity index (χ4v) is 1.48. The van der Waals surface area contributed by atoms with Crippen molar-refractivity contribution >= 4 is 142 Å². The molecule has 0 spiro atoms. The number of nitrogens with zero attached hydrogens (tertiary/aromatic N) is 2. The minimum absolute atomic E-state index is 0. The van der Waals surface area contributed by atoms with Crippen LogP contribution in [-0.4, -0.2) is 212 Å². The maximum Gasteiger partial charge on any atom is 0.317 e. The topological polar surface area (TPSA) is 156 Å². The van der Waals surface area contributed by atoms with Crippen LogP contribution in [0.5, 0.6) is 0 Å². The Morgan fingerprint density at radius 2 is 0.667 bits per heavy atom. The Morgan fingerprint density at radius 3 is 0.792 bits per heavy atom. The molecule has 4 radical (unpaired) electrons. The number of hydrogen-bond donors (Lipinski definition) is 4. The molecule has 0 bridgehead atoms. The molecule has 0 heterocycles. The molecule has 0 rings (SSSR count). The molecule has 0 unspecified atom stereocenters. The molecule has 24 heavy (non-hydrogen) atoms. The van der Waals surface area contributed by atoms with E-state index in [1.165, 1.54) is 0 Å². The van der Waals surface area contributed by atoms with E-state index in [0.717, 1.165) is 9.80 Å². The number of carbonyl (C=O) groups is 4. The molecule has 14 heteroatoms. The van der Waals surface area contributed by atoms with Gasteiger partial charge in [-0.3, -0.25) is 29.0 Å². The van der Waals surface area contributed by atoms with Gasteiger partial charge in [0.1, 0.15) is 0 Å². The van der Waals surface area contributed by atoms with E-state index in [1.807, 2.05) is 0 Å². The normalized spacial score (nSPS) is 8.92. The SMILES string of the molecule is O=C(O)CN(CCN(CC(=O)O)CC(=O)O)CC(=O)O.[Na].[Na].[Na].[Na]. The second kappa shape index (κ2) is 21.1. The summed E-state index contributed by atoms with van der Waals surface area (Å²) in [6, 6.07) is 0. The molecular weight excluding hydrogens is 368 g/mol. The van der Waals surface area contributed by atoms with Crippen LogP contribution in [0.3, 0.4) is 0 Å². The summed E-state index contributed by atoms with van der Waals surface area (Å²) in [4.78, 5) is 44.4. The van der Waals surface area contributed by atoms with Crippen molar-refractivity contribution in [1.82, 2.24) is 9.80 Å². The van der Waals surface area contributed by atoms with Crippen LogP contribution in [0.15, 0.2) is 0 Å². The van der Waals surface area contributed by atoms with Gasteiger partial charge >= 0.3 is 23.9 Å². The average molecular weight is 384 g/mol. The molecule has 0 saturated carbocycles. The Bertz CT molecular complexity index is 331. The molecule has 0 aliphatic heterocycles. The standard InChI is InChI=1S/C10H16N2O8.4Na/c13-7(14)3-11(4-8(15)16)1-2-12(5-9(17)18)6-10(19)20;;;;/h1-6H2,(H,13,14)(H,15,16)(H,17,18)(H,19,20);;;;. The van der Waals surface area contributed by atoms with E-state index in [1.54, 1.807) is 0 Å². The fraction of sp³-hybridized carbons (Fsp3) is 0.600. The van der Waals surface area contributed by atoms with Gasteiger partial charge in [0.2, 0.25) is 0 Å². The largest absolute Gasteiger partial charge is 0.480 e. The van der Waals surface area contributed by atoms with Gasteiger partial charge in [-0.25, -0.2) is 0 Å². The fourth-order valence-electron chi connectivity index (χ4n) is 1.48. The van der Waals surface area contributed by atoms with Gasteiger partial charge in [-0.1, -0.05) is 0 Å². The Balaban J connectivity index is -0.000000301. The van der Waals surface area contributed by atoms with Crippen molar-refractivity contribution in [3.8, 4) is 0 Å². The van der Waals surface area contributed by atoms with Crippen LogP contribution in [0.25, 0.3) is 0 Å². The van der Waals surface area contributed by atoms with Crippen molar-refractivity contribution in [1.29, 1.82) is 0 Å². The van der Waals surface area contributed by atoms with Crippen molar-refractivity contribution in [3.63, 3.8) is 0 Å². The Kier molecular flexibility index (Phi) is 32.3. The minimum Gasteiger partial charge on any atom is -0.480 e. The van der Waals surface area contributed by atoms with Crippen molar-refractivity contribution in [2.45, 2.75) is 0 Å². The van der Waals surface area contributed by atoms with Crippen LogP contribution in [0, 0.1) is 0 Å². The predicted molar refractivity (Wildman–Crippen MR) is 86.4 cm³/mol. The van der Waals surface area contributed by atoms with E-state index in [-0.39, 0.29) is 131 Å². The number of carboxylic acids is 4. The van der Waals surface area contributed by atoms with Crippen LogP contribution in [0.1, 0.15) is 0 Å². The molecule has 118 valence electrons. The van der Waals surface area contributed by atoms with E-state index in [2.05, 4.69) is 0 Å². The van der Waals surface area contributed by atoms with E-state index >= 15 is 0 Å². The van der Waals surface area contributed by atoms with Gasteiger partial charge in [-0.05, 0) is 0 Å². The van der Waals surface area contributed by atoms with E-state index in [0.29, 0.717) is 0 Å². The van der Waals surface area contributed by atoms with Gasteiger partial charge in [0.15, 0.2) is 0 Å². The molecule has 0 aliphatic rings. The Hall–Kier alpha value is 1.80. The molecule has 10 nitrogen and oxygen atoms in total. The number of hydrogen-bond acceptors (Lipinski definition) is 6. The van der Waals surface area contributed by atoms with Gasteiger partial charge in [0.25, 0.3) is 0 Å². The van der Waals surface area contributed by atoms with Gasteiger partial charge < -0.3 is 20.4 Å². The summed E-state index contributed by atoms with van der Waals surface area (Å²) in [6.45, 7) is -2.25. The summed E-state index contributed by atoms with van der Waals surface area (Å²) in [7, 11) is 0. The zero-order valence-corrected chi connectivity index (χ0v) is 22.6. The van der Waals surface area contributed by atoms with Crippen LogP contribution in [-0.2, 0) is 19.2 Å². The Labute approximate surface area is 227 Å². The van der Waals surface area contributed by atoms with Crippen molar-refractivity contribution in [3.05, 3.63) is 0 Å². The van der Waals surface area contributed by atoms with Gasteiger partial charge in [-0.2, -0.15) is 0 Å². The first-order valence-corrected chi connectivity index (χ1v) is 5.52. The predicted octanol–water partition coefficient (Wildman–Crippen LogP) is -3.59. The van der Waals surface area contributed by atoms with E-state index in [9.17, 15) is 19.2 Å². The summed E-state index contributed by atoms with van der Waals surface area (Å²) in [5.41, 5.74) is 0. The quantitative estimate of drug-likeness (QED) is 0.263. The summed E-state index contributed by atoms with van der Waals surface area (Å²) in [5.74, 6) is -4.91. The van der Waals surface area contributed by atoms with Crippen LogP contribution in [0.2, 0.25) is 0 Å². The van der Waals surface area contributed by atoms with Gasteiger partial charge in [-0.15, -0.1) is 0 Å². The van der Waals surface area contributed by atoms with Crippen molar-refractivity contribution in [2.75, 3.05) is 39.3 Å². The molecule has 0 saturated heterocycles. The smallest absolute Gasteiger partial charge is 0.317 e. The maximum atomic E-state index is 10.6. The molecule has 4 N–H and O–H groups in total. The van der Waals surface area contributed by atoms with Crippen molar-refractivity contribution in [2.24, 2.45) is 0 Å². The zero-order valence-electron chi connectivity index (χ0n) is 14.6. The summed E-state index contributed by atoms with van der Waals surface area (Å²) >= 11 is 0. The van der Waals surface area contributed by atoms with Crippen LogP contribution < -0.4 is 0 Å². The summed E-state index contributed by atoms with van der Waals surface area (Å²) < 4.78 is 0. The van der Waals surface area contributed by atoms with Gasteiger partial charge in [0, 0.05) is 131 Å². The van der Waals surface area contributed by atoms with E-state index in [4.69, 9.17) is 20.4 Å². The van der Waals surface area contributed by atoms with E-state index < -0.39 is 50.1 Å². The first-order chi connectivity index (χ1) is 9.20. The first kappa shape index (κ1) is 36.7. The third-order valence-electron chi connectivity index (χ3n) is 2.17. The maximum absolute atomic E-state index is 10.6. The summed E-state index contributed by atoms with van der Waals surface area (Å²) in [5, 5.41) is 34.5. The monoisotopic (exact) mass is 384 g/mol. The minimum atomic E-state index is -1.23. The summed E-state index contributed by atoms with van der Waals surface area (Å²) in [6.07, 6.45) is 0. The Morgan fingerprint density at radius 1 is 0.500 bits per heavy atom.